The summed E-state index contributed by atoms with van der Waals surface area (Å²) in [4.78, 5) is 2.65. The van der Waals surface area contributed by atoms with Crippen LogP contribution in [-0.4, -0.2) is 41.0 Å². The summed E-state index contributed by atoms with van der Waals surface area (Å²) in [7, 11) is 0. The Bertz CT molecular complexity index is 537. The third-order valence-corrected chi connectivity index (χ3v) is 6.75. The molecule has 0 amide bonds. The zero-order chi connectivity index (χ0) is 16.4. The molecule has 4 heteroatoms. The number of likely N-dealkylation sites (tertiary alicyclic amines) is 1. The van der Waals surface area contributed by atoms with Crippen LogP contribution in [0.3, 0.4) is 0 Å². The van der Waals surface area contributed by atoms with E-state index in [1.807, 2.05) is 10.9 Å². The second kappa shape index (κ2) is 7.17. The van der Waals surface area contributed by atoms with Crippen molar-refractivity contribution in [2.75, 3.05) is 26.3 Å². The van der Waals surface area contributed by atoms with Crippen molar-refractivity contribution in [2.45, 2.75) is 65.0 Å². The Kier molecular flexibility index (Phi) is 4.95. The molecule has 0 N–H and O–H groups in total. The number of aromatic nitrogens is 2. The SMILES string of the molecule is CCn1cc(CN2C[C@H]3CCC[C@@]3(COCC3CCCC3)C2)cn1. The van der Waals surface area contributed by atoms with Crippen LogP contribution in [0.15, 0.2) is 12.4 Å². The van der Waals surface area contributed by atoms with Gasteiger partial charge < -0.3 is 4.74 Å². The molecule has 3 aliphatic rings. The molecule has 0 bridgehead atoms. The van der Waals surface area contributed by atoms with E-state index >= 15 is 0 Å². The lowest BCUT2D eigenvalue weighted by Gasteiger charge is -2.29. The van der Waals surface area contributed by atoms with E-state index in [-0.39, 0.29) is 0 Å². The molecule has 0 spiro atoms. The summed E-state index contributed by atoms with van der Waals surface area (Å²) in [5.74, 6) is 1.70. The summed E-state index contributed by atoms with van der Waals surface area (Å²) in [6.45, 7) is 8.65. The van der Waals surface area contributed by atoms with Gasteiger partial charge in [-0.25, -0.2) is 0 Å². The summed E-state index contributed by atoms with van der Waals surface area (Å²) >= 11 is 0. The minimum Gasteiger partial charge on any atom is -0.381 e. The maximum absolute atomic E-state index is 6.28. The van der Waals surface area contributed by atoms with Gasteiger partial charge in [-0.1, -0.05) is 19.3 Å². The summed E-state index contributed by atoms with van der Waals surface area (Å²) in [5, 5.41) is 4.43. The molecule has 1 aromatic rings. The lowest BCUT2D eigenvalue weighted by molar-refractivity contribution is 0.0194. The highest BCUT2D eigenvalue weighted by molar-refractivity contribution is 5.07. The zero-order valence-electron chi connectivity index (χ0n) is 15.3. The second-order valence-electron chi connectivity index (χ2n) is 8.49. The largest absolute Gasteiger partial charge is 0.381 e. The topological polar surface area (TPSA) is 30.3 Å². The first-order valence-electron chi connectivity index (χ1n) is 10.1. The van der Waals surface area contributed by atoms with Gasteiger partial charge in [0.25, 0.3) is 0 Å². The van der Waals surface area contributed by atoms with Crippen LogP contribution in [0.4, 0.5) is 0 Å². The normalized spacial score (nSPS) is 31.1. The summed E-state index contributed by atoms with van der Waals surface area (Å²) in [6, 6.07) is 0. The maximum Gasteiger partial charge on any atom is 0.0537 e. The van der Waals surface area contributed by atoms with E-state index in [2.05, 4.69) is 23.1 Å². The van der Waals surface area contributed by atoms with Gasteiger partial charge in [0, 0.05) is 50.0 Å². The Hall–Kier alpha value is -0.870. The Labute approximate surface area is 146 Å². The van der Waals surface area contributed by atoms with Gasteiger partial charge in [0.1, 0.15) is 0 Å². The monoisotopic (exact) mass is 331 g/mol. The molecule has 2 aliphatic carbocycles. The molecule has 0 radical (unpaired) electrons. The van der Waals surface area contributed by atoms with Gasteiger partial charge in [0.05, 0.1) is 12.8 Å². The average molecular weight is 332 g/mol. The molecule has 2 heterocycles. The number of fused-ring (bicyclic) bond motifs is 1. The van der Waals surface area contributed by atoms with Crippen molar-refractivity contribution < 1.29 is 4.74 Å². The molecule has 0 aromatic carbocycles. The molecular weight excluding hydrogens is 298 g/mol. The van der Waals surface area contributed by atoms with Gasteiger partial charge >= 0.3 is 0 Å². The van der Waals surface area contributed by atoms with Crippen molar-refractivity contribution in [1.29, 1.82) is 0 Å². The smallest absolute Gasteiger partial charge is 0.0537 e. The average Bonchev–Trinajstić information content (AvgIpc) is 3.31. The molecule has 4 rings (SSSR count). The van der Waals surface area contributed by atoms with Gasteiger partial charge in [-0.3, -0.25) is 9.58 Å². The third kappa shape index (κ3) is 3.41. The molecule has 4 nitrogen and oxygen atoms in total. The molecule has 0 unspecified atom stereocenters. The van der Waals surface area contributed by atoms with Crippen LogP contribution in [0.1, 0.15) is 57.4 Å². The molecule has 24 heavy (non-hydrogen) atoms. The van der Waals surface area contributed by atoms with Gasteiger partial charge in [-0.15, -0.1) is 0 Å². The number of rotatable bonds is 7. The summed E-state index contributed by atoms with van der Waals surface area (Å²) in [5.41, 5.74) is 1.80. The third-order valence-electron chi connectivity index (χ3n) is 6.75. The number of hydrogen-bond acceptors (Lipinski definition) is 3. The first kappa shape index (κ1) is 16.6. The fourth-order valence-corrected chi connectivity index (χ4v) is 5.41. The van der Waals surface area contributed by atoms with E-state index in [0.29, 0.717) is 5.41 Å². The highest BCUT2D eigenvalue weighted by Gasteiger charge is 2.49. The van der Waals surface area contributed by atoms with Crippen LogP contribution in [0, 0.1) is 17.3 Å². The summed E-state index contributed by atoms with van der Waals surface area (Å²) in [6.07, 6.45) is 14.0. The van der Waals surface area contributed by atoms with E-state index in [4.69, 9.17) is 4.74 Å². The number of hydrogen-bond donors (Lipinski definition) is 0. The first-order chi connectivity index (χ1) is 11.8. The van der Waals surface area contributed by atoms with Crippen LogP contribution in [0.25, 0.3) is 0 Å². The standard InChI is InChI=1S/C20H33N3O/c1-2-23-12-18(10-21-23)11-22-13-19-8-5-9-20(19,15-22)16-24-14-17-6-3-4-7-17/h10,12,17,19H,2-9,11,13-16H2,1H3/t19-,20+/m1/s1. The predicted molar refractivity (Wildman–Crippen MR) is 95.7 cm³/mol. The molecule has 1 saturated heterocycles. The number of aryl methyl sites for hydroxylation is 1. The Balaban J connectivity index is 1.32. The van der Waals surface area contributed by atoms with Gasteiger partial charge in [-0.2, -0.15) is 5.10 Å². The Morgan fingerprint density at radius 2 is 2.12 bits per heavy atom. The molecule has 2 saturated carbocycles. The highest BCUT2D eigenvalue weighted by atomic mass is 16.5. The van der Waals surface area contributed by atoms with Crippen LogP contribution in [0.2, 0.25) is 0 Å². The molecule has 1 aliphatic heterocycles. The second-order valence-corrected chi connectivity index (χ2v) is 8.49. The number of ether oxygens (including phenoxy) is 1. The van der Waals surface area contributed by atoms with Crippen molar-refractivity contribution in [3.8, 4) is 0 Å². The van der Waals surface area contributed by atoms with Gasteiger partial charge in [0.15, 0.2) is 0 Å². The van der Waals surface area contributed by atoms with Crippen LogP contribution < -0.4 is 0 Å². The molecule has 2 atom stereocenters. The van der Waals surface area contributed by atoms with E-state index in [9.17, 15) is 0 Å². The first-order valence-corrected chi connectivity index (χ1v) is 10.1. The summed E-state index contributed by atoms with van der Waals surface area (Å²) < 4.78 is 8.32. The van der Waals surface area contributed by atoms with Gasteiger partial charge in [-0.05, 0) is 44.4 Å². The molecule has 134 valence electrons. The lowest BCUT2D eigenvalue weighted by Crippen LogP contribution is -2.33. The molecule has 3 fully saturated rings. The fraction of sp³-hybridized carbons (Fsp3) is 0.850. The van der Waals surface area contributed by atoms with Crippen LogP contribution in [-0.2, 0) is 17.8 Å². The van der Waals surface area contributed by atoms with E-state index in [1.165, 1.54) is 63.6 Å². The van der Waals surface area contributed by atoms with Crippen LogP contribution in [0.5, 0.6) is 0 Å². The van der Waals surface area contributed by atoms with E-state index < -0.39 is 0 Å². The van der Waals surface area contributed by atoms with Crippen molar-refractivity contribution in [1.82, 2.24) is 14.7 Å². The Morgan fingerprint density at radius 1 is 1.25 bits per heavy atom. The zero-order valence-corrected chi connectivity index (χ0v) is 15.3. The predicted octanol–water partition coefficient (Wildman–Crippen LogP) is 3.71. The molecule has 1 aromatic heterocycles. The van der Waals surface area contributed by atoms with Crippen molar-refractivity contribution >= 4 is 0 Å². The maximum atomic E-state index is 6.28. The van der Waals surface area contributed by atoms with Gasteiger partial charge in [0.2, 0.25) is 0 Å². The van der Waals surface area contributed by atoms with Crippen molar-refractivity contribution in [2.24, 2.45) is 17.3 Å². The Morgan fingerprint density at radius 3 is 2.92 bits per heavy atom. The quantitative estimate of drug-likeness (QED) is 0.763. The molecular formula is C20H33N3O. The fourth-order valence-electron chi connectivity index (χ4n) is 5.41. The number of nitrogens with zero attached hydrogens (tertiary/aromatic N) is 3. The van der Waals surface area contributed by atoms with Crippen LogP contribution >= 0.6 is 0 Å². The minimum atomic E-state index is 0.444. The lowest BCUT2D eigenvalue weighted by atomic mass is 9.81. The van der Waals surface area contributed by atoms with Crippen molar-refractivity contribution in [3.63, 3.8) is 0 Å². The van der Waals surface area contributed by atoms with E-state index in [1.54, 1.807) is 0 Å². The van der Waals surface area contributed by atoms with E-state index in [0.717, 1.165) is 38.1 Å². The van der Waals surface area contributed by atoms with Crippen molar-refractivity contribution in [3.05, 3.63) is 18.0 Å². The highest BCUT2D eigenvalue weighted by Crippen LogP contribution is 2.49. The minimum absolute atomic E-state index is 0.444.